The lowest BCUT2D eigenvalue weighted by atomic mass is 10.0. The van der Waals surface area contributed by atoms with Gasteiger partial charge >= 0.3 is 0 Å². The zero-order chi connectivity index (χ0) is 15.2. The van der Waals surface area contributed by atoms with Gasteiger partial charge in [0.15, 0.2) is 0 Å². The highest BCUT2D eigenvalue weighted by atomic mass is 35.5. The molecule has 7 heteroatoms. The van der Waals surface area contributed by atoms with E-state index in [2.05, 4.69) is 5.10 Å². The molecule has 2 N–H and O–H groups in total. The summed E-state index contributed by atoms with van der Waals surface area (Å²) in [5.41, 5.74) is 8.14. The Morgan fingerprint density at radius 2 is 1.96 bits per heavy atom. The second kappa shape index (κ2) is 10.3. The first-order valence-corrected chi connectivity index (χ1v) is 7.16. The molecule has 0 saturated heterocycles. The number of nitrogens with zero attached hydrogens (tertiary/aromatic N) is 3. The smallest absolute Gasteiger partial charge is 0.224 e. The van der Waals surface area contributed by atoms with Crippen molar-refractivity contribution in [3.8, 4) is 0 Å². The standard InChI is InChI=1S/C16H22N4O.2ClH/c1-3-20(12-13-10-18-19(2)11-13)16(21)9-15(17)14-7-5-4-6-8-14;;/h4-8,10-11,15H,3,9,12,17H2,1-2H3;2*1H. The Labute approximate surface area is 149 Å². The summed E-state index contributed by atoms with van der Waals surface area (Å²) in [7, 11) is 1.87. The van der Waals surface area contributed by atoms with Gasteiger partial charge in [-0.1, -0.05) is 30.3 Å². The molecule has 128 valence electrons. The fourth-order valence-electron chi connectivity index (χ4n) is 2.29. The van der Waals surface area contributed by atoms with Crippen LogP contribution in [0.4, 0.5) is 0 Å². The number of rotatable bonds is 6. The normalized spacial score (nSPS) is 11.1. The molecule has 1 amide bonds. The van der Waals surface area contributed by atoms with Crippen LogP contribution in [0.2, 0.25) is 0 Å². The number of carbonyl (C=O) groups excluding carboxylic acids is 1. The van der Waals surface area contributed by atoms with E-state index in [4.69, 9.17) is 5.73 Å². The second-order valence-corrected chi connectivity index (χ2v) is 5.15. The van der Waals surface area contributed by atoms with Gasteiger partial charge in [-0.15, -0.1) is 24.8 Å². The number of amides is 1. The van der Waals surface area contributed by atoms with E-state index in [-0.39, 0.29) is 36.8 Å². The fraction of sp³-hybridized carbons (Fsp3) is 0.375. The number of carbonyl (C=O) groups is 1. The SMILES string of the molecule is CCN(Cc1cnn(C)c1)C(=O)CC(N)c1ccccc1.Cl.Cl. The van der Waals surface area contributed by atoms with Crippen molar-refractivity contribution in [3.05, 3.63) is 53.9 Å². The molecule has 0 aliphatic rings. The van der Waals surface area contributed by atoms with Crippen LogP contribution in [0, 0.1) is 0 Å². The summed E-state index contributed by atoms with van der Waals surface area (Å²) in [5, 5.41) is 4.13. The predicted octanol–water partition coefficient (Wildman–Crippen LogP) is 2.70. The predicted molar refractivity (Wildman–Crippen MR) is 96.8 cm³/mol. The minimum atomic E-state index is -0.262. The summed E-state index contributed by atoms with van der Waals surface area (Å²) >= 11 is 0. The Hall–Kier alpha value is -1.56. The van der Waals surface area contributed by atoms with Gasteiger partial charge in [-0.25, -0.2) is 0 Å². The van der Waals surface area contributed by atoms with Gasteiger partial charge in [0.05, 0.1) is 6.20 Å². The number of aromatic nitrogens is 2. The number of hydrogen-bond donors (Lipinski definition) is 1. The number of aryl methyl sites for hydroxylation is 1. The molecule has 1 atom stereocenters. The van der Waals surface area contributed by atoms with Crippen LogP contribution in [-0.2, 0) is 18.4 Å². The number of nitrogens with two attached hydrogens (primary N) is 1. The number of benzene rings is 1. The maximum absolute atomic E-state index is 12.4. The van der Waals surface area contributed by atoms with Gasteiger partial charge in [-0.3, -0.25) is 9.48 Å². The minimum Gasteiger partial charge on any atom is -0.338 e. The average Bonchev–Trinajstić information content (AvgIpc) is 2.90. The molecular formula is C16H24Cl2N4O. The zero-order valence-electron chi connectivity index (χ0n) is 13.4. The molecule has 1 unspecified atom stereocenters. The van der Waals surface area contributed by atoms with Crippen molar-refractivity contribution in [1.29, 1.82) is 0 Å². The van der Waals surface area contributed by atoms with Gasteiger partial charge in [0.25, 0.3) is 0 Å². The van der Waals surface area contributed by atoms with Gasteiger partial charge in [0.1, 0.15) is 0 Å². The number of halogens is 2. The lowest BCUT2D eigenvalue weighted by molar-refractivity contribution is -0.132. The van der Waals surface area contributed by atoms with E-state index in [1.54, 1.807) is 15.8 Å². The van der Waals surface area contributed by atoms with Crippen LogP contribution in [0.15, 0.2) is 42.7 Å². The average molecular weight is 359 g/mol. The third kappa shape index (κ3) is 6.22. The van der Waals surface area contributed by atoms with Crippen LogP contribution in [-0.4, -0.2) is 27.1 Å². The highest BCUT2D eigenvalue weighted by Crippen LogP contribution is 2.15. The first kappa shape index (κ1) is 21.4. The van der Waals surface area contributed by atoms with Gasteiger partial charge in [-0.2, -0.15) is 5.10 Å². The second-order valence-electron chi connectivity index (χ2n) is 5.15. The van der Waals surface area contributed by atoms with Gasteiger partial charge in [0, 0.05) is 44.4 Å². The summed E-state index contributed by atoms with van der Waals surface area (Å²) in [6.45, 7) is 3.21. The van der Waals surface area contributed by atoms with Crippen LogP contribution in [0.5, 0.6) is 0 Å². The van der Waals surface area contributed by atoms with E-state index in [9.17, 15) is 4.79 Å². The molecule has 0 aliphatic heterocycles. The van der Waals surface area contributed by atoms with Crippen LogP contribution < -0.4 is 5.73 Å². The molecule has 0 saturated carbocycles. The molecule has 2 aromatic rings. The van der Waals surface area contributed by atoms with Crippen LogP contribution in [0.1, 0.15) is 30.5 Å². The maximum atomic E-state index is 12.4. The van der Waals surface area contributed by atoms with E-state index in [1.165, 1.54) is 0 Å². The first-order chi connectivity index (χ1) is 10.1. The first-order valence-electron chi connectivity index (χ1n) is 7.16. The molecule has 0 bridgehead atoms. The van der Waals surface area contributed by atoms with Crippen molar-refractivity contribution in [3.63, 3.8) is 0 Å². The molecule has 0 spiro atoms. The molecule has 1 heterocycles. The Morgan fingerprint density at radius 1 is 1.30 bits per heavy atom. The van der Waals surface area contributed by atoms with E-state index in [0.717, 1.165) is 11.1 Å². The van der Waals surface area contributed by atoms with Crippen molar-refractivity contribution in [2.75, 3.05) is 6.54 Å². The third-order valence-corrected chi connectivity index (χ3v) is 3.49. The fourth-order valence-corrected chi connectivity index (χ4v) is 2.29. The van der Waals surface area contributed by atoms with E-state index in [1.807, 2.05) is 50.5 Å². The van der Waals surface area contributed by atoms with E-state index < -0.39 is 0 Å². The summed E-state index contributed by atoms with van der Waals surface area (Å²) in [4.78, 5) is 14.2. The van der Waals surface area contributed by atoms with Crippen LogP contribution in [0.3, 0.4) is 0 Å². The van der Waals surface area contributed by atoms with Crippen molar-refractivity contribution in [2.45, 2.75) is 25.9 Å². The summed E-state index contributed by atoms with van der Waals surface area (Å²) in [6.07, 6.45) is 4.03. The minimum absolute atomic E-state index is 0. The largest absolute Gasteiger partial charge is 0.338 e. The van der Waals surface area contributed by atoms with E-state index in [0.29, 0.717) is 19.5 Å². The third-order valence-electron chi connectivity index (χ3n) is 3.49. The Balaban J connectivity index is 0.00000242. The van der Waals surface area contributed by atoms with Crippen molar-refractivity contribution in [2.24, 2.45) is 12.8 Å². The number of hydrogen-bond acceptors (Lipinski definition) is 3. The van der Waals surface area contributed by atoms with Crippen molar-refractivity contribution in [1.82, 2.24) is 14.7 Å². The zero-order valence-corrected chi connectivity index (χ0v) is 15.0. The topological polar surface area (TPSA) is 64.2 Å². The van der Waals surface area contributed by atoms with Crippen molar-refractivity contribution >= 4 is 30.7 Å². The van der Waals surface area contributed by atoms with Gasteiger partial charge < -0.3 is 10.6 Å². The quantitative estimate of drug-likeness (QED) is 0.863. The summed E-state index contributed by atoms with van der Waals surface area (Å²) < 4.78 is 1.74. The van der Waals surface area contributed by atoms with Crippen molar-refractivity contribution < 1.29 is 4.79 Å². The lowest BCUT2D eigenvalue weighted by Crippen LogP contribution is -2.32. The molecule has 1 aromatic heterocycles. The molecule has 0 fully saturated rings. The molecule has 0 aliphatic carbocycles. The monoisotopic (exact) mass is 358 g/mol. The summed E-state index contributed by atoms with van der Waals surface area (Å²) in [6, 6.07) is 9.46. The Kier molecular flexibility index (Phi) is 9.56. The lowest BCUT2D eigenvalue weighted by Gasteiger charge is -2.22. The Bertz CT molecular complexity index is 589. The van der Waals surface area contributed by atoms with Gasteiger partial charge in [-0.05, 0) is 12.5 Å². The van der Waals surface area contributed by atoms with Crippen LogP contribution >= 0.6 is 24.8 Å². The molecule has 23 heavy (non-hydrogen) atoms. The molecule has 2 rings (SSSR count). The molecule has 5 nitrogen and oxygen atoms in total. The highest BCUT2D eigenvalue weighted by Gasteiger charge is 2.17. The molecular weight excluding hydrogens is 335 g/mol. The highest BCUT2D eigenvalue weighted by molar-refractivity contribution is 5.85. The molecule has 1 aromatic carbocycles. The van der Waals surface area contributed by atoms with E-state index >= 15 is 0 Å². The van der Waals surface area contributed by atoms with Gasteiger partial charge in [0.2, 0.25) is 5.91 Å². The Morgan fingerprint density at radius 3 is 2.48 bits per heavy atom. The molecule has 0 radical (unpaired) electrons. The summed E-state index contributed by atoms with van der Waals surface area (Å²) in [5.74, 6) is 0.0673. The van der Waals surface area contributed by atoms with Crippen LogP contribution in [0.25, 0.3) is 0 Å². The maximum Gasteiger partial charge on any atom is 0.224 e.